The van der Waals surface area contributed by atoms with E-state index in [1.807, 2.05) is 25.5 Å². The van der Waals surface area contributed by atoms with Crippen LogP contribution in [0, 0.1) is 0 Å². The predicted octanol–water partition coefficient (Wildman–Crippen LogP) is 9.72. The van der Waals surface area contributed by atoms with E-state index in [9.17, 15) is 4.57 Å². The number of hydrogen-bond donors (Lipinski definition) is 1. The highest BCUT2D eigenvalue weighted by Gasteiger charge is 2.20. The summed E-state index contributed by atoms with van der Waals surface area (Å²) >= 11 is 0. The Hall–Kier alpha value is -4.39. The smallest absolute Gasteiger partial charge is 0.109 e. The molecular formula is C36H28NOP. The van der Waals surface area contributed by atoms with E-state index in [-0.39, 0.29) is 0 Å². The second-order valence-electron chi connectivity index (χ2n) is 10.6. The first-order valence-electron chi connectivity index (χ1n) is 13.3. The van der Waals surface area contributed by atoms with Crippen LogP contribution in [0.1, 0.15) is 0 Å². The second kappa shape index (κ2) is 9.12. The van der Waals surface area contributed by atoms with Crippen LogP contribution in [0.3, 0.4) is 0 Å². The lowest BCUT2D eigenvalue weighted by Gasteiger charge is -2.20. The van der Waals surface area contributed by atoms with Crippen LogP contribution in [-0.2, 0) is 4.57 Å². The molecule has 39 heavy (non-hydrogen) atoms. The molecule has 188 valence electrons. The van der Waals surface area contributed by atoms with Crippen LogP contribution in [0.25, 0.3) is 66.0 Å². The maximum atomic E-state index is 12.8. The zero-order chi connectivity index (χ0) is 26.6. The molecule has 1 N–H and O–H groups in total. The van der Waals surface area contributed by atoms with Gasteiger partial charge in [-0.05, 0) is 63.9 Å². The summed E-state index contributed by atoms with van der Waals surface area (Å²) in [5, 5.41) is 6.96. The van der Waals surface area contributed by atoms with Crippen LogP contribution in [0.4, 0.5) is 0 Å². The number of aromatic nitrogens is 1. The monoisotopic (exact) mass is 521 g/mol. The average molecular weight is 522 g/mol. The molecule has 0 aliphatic rings. The number of rotatable bonds is 4. The fourth-order valence-corrected chi connectivity index (χ4v) is 6.74. The molecule has 7 rings (SSSR count). The minimum Gasteiger partial charge on any atom is -0.355 e. The number of H-pyrrole nitrogens is 1. The number of fused-ring (bicyclic) bond motifs is 3. The van der Waals surface area contributed by atoms with Crippen molar-refractivity contribution in [3.8, 4) is 33.5 Å². The SMILES string of the molecule is CP(C)(=O)c1ccc(-c2c3ccccc3c(-c3ccccc3)c3c(-c4cc5ccccc5[nH]4)cccc23)cc1. The van der Waals surface area contributed by atoms with Crippen molar-refractivity contribution in [3.05, 3.63) is 127 Å². The Morgan fingerprint density at radius 2 is 1.18 bits per heavy atom. The molecule has 0 spiro atoms. The third-order valence-corrected chi connectivity index (χ3v) is 9.25. The highest BCUT2D eigenvalue weighted by molar-refractivity contribution is 7.70. The van der Waals surface area contributed by atoms with Gasteiger partial charge in [-0.25, -0.2) is 0 Å². The van der Waals surface area contributed by atoms with Crippen molar-refractivity contribution in [2.24, 2.45) is 0 Å². The first-order valence-corrected chi connectivity index (χ1v) is 15.9. The van der Waals surface area contributed by atoms with Crippen LogP contribution in [-0.4, -0.2) is 18.3 Å². The van der Waals surface area contributed by atoms with E-state index in [4.69, 9.17) is 0 Å². The van der Waals surface area contributed by atoms with Crippen LogP contribution in [0.2, 0.25) is 0 Å². The normalized spacial score (nSPS) is 11.9. The Morgan fingerprint density at radius 3 is 1.90 bits per heavy atom. The molecule has 0 fully saturated rings. The molecule has 1 aromatic heterocycles. The van der Waals surface area contributed by atoms with Gasteiger partial charge < -0.3 is 9.55 Å². The maximum Gasteiger partial charge on any atom is 0.109 e. The highest BCUT2D eigenvalue weighted by Crippen LogP contribution is 2.47. The molecule has 6 aromatic carbocycles. The lowest BCUT2D eigenvalue weighted by atomic mass is 9.84. The molecule has 0 aliphatic carbocycles. The van der Waals surface area contributed by atoms with Gasteiger partial charge in [-0.15, -0.1) is 0 Å². The molecule has 1 heterocycles. The van der Waals surface area contributed by atoms with Gasteiger partial charge in [0.2, 0.25) is 0 Å². The van der Waals surface area contributed by atoms with Gasteiger partial charge >= 0.3 is 0 Å². The average Bonchev–Trinajstić information content (AvgIpc) is 3.40. The van der Waals surface area contributed by atoms with Gasteiger partial charge in [-0.1, -0.05) is 115 Å². The van der Waals surface area contributed by atoms with Crippen LogP contribution in [0.5, 0.6) is 0 Å². The summed E-state index contributed by atoms with van der Waals surface area (Å²) in [5.74, 6) is 0. The first-order chi connectivity index (χ1) is 19.0. The Kier molecular flexibility index (Phi) is 5.54. The standard InChI is InChI=1S/C36H28NOP/c1-39(2,38)27-21-19-25(20-22-27)34-28-14-7-8-15-29(28)35(24-11-4-3-5-12-24)36-30(16-10-17-31(34)36)33-23-26-13-6-9-18-32(26)37-33/h3-23,37H,1-2H3. The van der Waals surface area contributed by atoms with Crippen molar-refractivity contribution < 1.29 is 4.57 Å². The molecule has 3 heteroatoms. The Morgan fingerprint density at radius 1 is 0.564 bits per heavy atom. The molecule has 0 unspecified atom stereocenters. The lowest BCUT2D eigenvalue weighted by molar-refractivity contribution is 0.588. The summed E-state index contributed by atoms with van der Waals surface area (Å²) in [4.78, 5) is 3.68. The molecule has 0 amide bonds. The van der Waals surface area contributed by atoms with E-state index in [0.29, 0.717) is 0 Å². The molecular weight excluding hydrogens is 493 g/mol. The maximum absolute atomic E-state index is 12.8. The summed E-state index contributed by atoms with van der Waals surface area (Å²) < 4.78 is 12.8. The van der Waals surface area contributed by atoms with E-state index in [0.717, 1.165) is 22.1 Å². The number of aromatic amines is 1. The number of hydrogen-bond acceptors (Lipinski definition) is 1. The van der Waals surface area contributed by atoms with E-state index in [1.54, 1.807) is 0 Å². The van der Waals surface area contributed by atoms with E-state index < -0.39 is 7.14 Å². The van der Waals surface area contributed by atoms with Crippen molar-refractivity contribution in [3.63, 3.8) is 0 Å². The Labute approximate surface area is 228 Å². The largest absolute Gasteiger partial charge is 0.355 e. The van der Waals surface area contributed by atoms with Gasteiger partial charge in [-0.2, -0.15) is 0 Å². The molecule has 7 aromatic rings. The second-order valence-corrected chi connectivity index (χ2v) is 13.8. The quantitative estimate of drug-likeness (QED) is 0.181. The number of nitrogens with one attached hydrogen (secondary N) is 1. The fraction of sp³-hybridized carbons (Fsp3) is 0.0556. The summed E-state index contributed by atoms with van der Waals surface area (Å²) in [6.45, 7) is 3.65. The fourth-order valence-electron chi connectivity index (χ4n) is 5.87. The summed E-state index contributed by atoms with van der Waals surface area (Å²) in [6, 6.07) is 45.1. The lowest BCUT2D eigenvalue weighted by Crippen LogP contribution is -2.01. The molecule has 0 saturated heterocycles. The molecule has 2 nitrogen and oxygen atoms in total. The number of para-hydroxylation sites is 1. The zero-order valence-corrected chi connectivity index (χ0v) is 22.9. The topological polar surface area (TPSA) is 32.9 Å². The number of benzene rings is 6. The van der Waals surface area contributed by atoms with Gasteiger partial charge in [0.05, 0.1) is 0 Å². The summed E-state index contributed by atoms with van der Waals surface area (Å²) in [6.07, 6.45) is 0. The Bertz CT molecular complexity index is 2010. The van der Waals surface area contributed by atoms with E-state index in [2.05, 4.69) is 120 Å². The van der Waals surface area contributed by atoms with Crippen LogP contribution in [0.15, 0.2) is 127 Å². The minimum atomic E-state index is -2.34. The molecule has 0 atom stereocenters. The summed E-state index contributed by atoms with van der Waals surface area (Å²) in [5.41, 5.74) is 8.18. The van der Waals surface area contributed by atoms with Crippen molar-refractivity contribution >= 4 is 44.9 Å². The van der Waals surface area contributed by atoms with Crippen molar-refractivity contribution in [1.82, 2.24) is 4.98 Å². The van der Waals surface area contributed by atoms with Gasteiger partial charge in [0.25, 0.3) is 0 Å². The van der Waals surface area contributed by atoms with Gasteiger partial charge in [0, 0.05) is 32.9 Å². The molecule has 0 saturated carbocycles. The van der Waals surface area contributed by atoms with Crippen LogP contribution < -0.4 is 5.30 Å². The molecule has 0 aliphatic heterocycles. The third kappa shape index (κ3) is 4.00. The zero-order valence-electron chi connectivity index (χ0n) is 22.0. The van der Waals surface area contributed by atoms with E-state index >= 15 is 0 Å². The van der Waals surface area contributed by atoms with E-state index in [1.165, 1.54) is 49.2 Å². The highest BCUT2D eigenvalue weighted by atomic mass is 31.2. The van der Waals surface area contributed by atoms with Crippen molar-refractivity contribution in [2.45, 2.75) is 0 Å². The van der Waals surface area contributed by atoms with Crippen molar-refractivity contribution in [2.75, 3.05) is 13.3 Å². The predicted molar refractivity (Wildman–Crippen MR) is 169 cm³/mol. The van der Waals surface area contributed by atoms with Gasteiger partial charge in [0.15, 0.2) is 0 Å². The van der Waals surface area contributed by atoms with Gasteiger partial charge in [-0.3, -0.25) is 0 Å². The van der Waals surface area contributed by atoms with Crippen LogP contribution >= 0.6 is 7.14 Å². The Balaban J connectivity index is 1.64. The first kappa shape index (κ1) is 23.7. The van der Waals surface area contributed by atoms with Crippen molar-refractivity contribution in [1.29, 1.82) is 0 Å². The molecule has 0 radical (unpaired) electrons. The third-order valence-electron chi connectivity index (χ3n) is 7.71. The summed E-state index contributed by atoms with van der Waals surface area (Å²) in [7, 11) is -2.34. The minimum absolute atomic E-state index is 0.902. The molecule has 0 bridgehead atoms. The van der Waals surface area contributed by atoms with Gasteiger partial charge in [0.1, 0.15) is 7.14 Å².